The fourth-order valence-corrected chi connectivity index (χ4v) is 2.38. The van der Waals surface area contributed by atoms with Gasteiger partial charge in [0.25, 0.3) is 5.91 Å². The van der Waals surface area contributed by atoms with Crippen LogP contribution in [-0.2, 0) is 0 Å². The quantitative estimate of drug-likeness (QED) is 0.805. The van der Waals surface area contributed by atoms with Crippen molar-refractivity contribution in [2.45, 2.75) is 0 Å². The lowest BCUT2D eigenvalue weighted by molar-refractivity contribution is -0.255. The van der Waals surface area contributed by atoms with Gasteiger partial charge in [0.1, 0.15) is 0 Å². The summed E-state index contributed by atoms with van der Waals surface area (Å²) in [6, 6.07) is 19.2. The number of nitrogens with one attached hydrogen (secondary N) is 1. The average molecular weight is 290 g/mol. The van der Waals surface area contributed by atoms with Gasteiger partial charge < -0.3 is 15.2 Å². The fourth-order valence-electron chi connectivity index (χ4n) is 2.38. The molecule has 0 aromatic heterocycles. The van der Waals surface area contributed by atoms with Crippen molar-refractivity contribution < 1.29 is 14.7 Å². The van der Waals surface area contributed by atoms with Crippen LogP contribution in [0, 0.1) is 0 Å². The Morgan fingerprint density at radius 3 is 2.18 bits per heavy atom. The SMILES string of the molecule is O=C([O-])c1ccccc1C(=O)Nc1cccc2ccccc12. The topological polar surface area (TPSA) is 69.2 Å². The predicted octanol–water partition coefficient (Wildman–Crippen LogP) is 2.46. The minimum atomic E-state index is -1.37. The summed E-state index contributed by atoms with van der Waals surface area (Å²) >= 11 is 0. The number of amides is 1. The number of carbonyl (C=O) groups is 2. The minimum absolute atomic E-state index is 0.0791. The second-order valence-corrected chi connectivity index (χ2v) is 4.81. The molecule has 0 unspecified atom stereocenters. The van der Waals surface area contributed by atoms with Crippen molar-refractivity contribution in [3.8, 4) is 0 Å². The van der Waals surface area contributed by atoms with Gasteiger partial charge in [-0.15, -0.1) is 0 Å². The van der Waals surface area contributed by atoms with Gasteiger partial charge in [0.05, 0.1) is 5.97 Å². The molecular formula is C18H12NO3-. The van der Waals surface area contributed by atoms with Crippen LogP contribution in [0.2, 0.25) is 0 Å². The lowest BCUT2D eigenvalue weighted by Gasteiger charge is -2.12. The van der Waals surface area contributed by atoms with Gasteiger partial charge in [0.2, 0.25) is 0 Å². The fraction of sp³-hybridized carbons (Fsp3) is 0. The van der Waals surface area contributed by atoms with E-state index in [1.54, 1.807) is 18.2 Å². The molecule has 0 spiro atoms. The van der Waals surface area contributed by atoms with Gasteiger partial charge in [-0.25, -0.2) is 0 Å². The molecule has 108 valence electrons. The van der Waals surface area contributed by atoms with Crippen molar-refractivity contribution >= 4 is 28.3 Å². The highest BCUT2D eigenvalue weighted by Crippen LogP contribution is 2.23. The van der Waals surface area contributed by atoms with E-state index in [4.69, 9.17) is 0 Å². The van der Waals surface area contributed by atoms with Crippen LogP contribution in [0.5, 0.6) is 0 Å². The molecule has 3 aromatic rings. The largest absolute Gasteiger partial charge is 0.545 e. The molecule has 3 rings (SSSR count). The van der Waals surface area contributed by atoms with Crippen LogP contribution in [0.4, 0.5) is 5.69 Å². The monoisotopic (exact) mass is 290 g/mol. The number of carboxylic acid groups (broad SMARTS) is 1. The Kier molecular flexibility index (Phi) is 3.58. The molecule has 0 saturated heterocycles. The number of carbonyl (C=O) groups excluding carboxylic acids is 2. The first-order valence-corrected chi connectivity index (χ1v) is 6.76. The van der Waals surface area contributed by atoms with Crippen molar-refractivity contribution in [2.24, 2.45) is 0 Å². The predicted molar refractivity (Wildman–Crippen MR) is 82.7 cm³/mol. The Bertz CT molecular complexity index is 866. The lowest BCUT2D eigenvalue weighted by Crippen LogP contribution is -2.26. The van der Waals surface area contributed by atoms with Crippen LogP contribution in [0.15, 0.2) is 66.7 Å². The molecule has 4 heteroatoms. The Morgan fingerprint density at radius 1 is 0.773 bits per heavy atom. The van der Waals surface area contributed by atoms with Gasteiger partial charge in [-0.1, -0.05) is 54.6 Å². The molecular weight excluding hydrogens is 278 g/mol. The number of rotatable bonds is 3. The summed E-state index contributed by atoms with van der Waals surface area (Å²) in [5, 5.41) is 15.8. The highest BCUT2D eigenvalue weighted by molar-refractivity contribution is 6.13. The van der Waals surface area contributed by atoms with E-state index in [2.05, 4.69) is 5.32 Å². The highest BCUT2D eigenvalue weighted by atomic mass is 16.4. The second kappa shape index (κ2) is 5.69. The number of fused-ring (bicyclic) bond motifs is 1. The van der Waals surface area contributed by atoms with Crippen LogP contribution in [0.3, 0.4) is 0 Å². The number of anilines is 1. The summed E-state index contributed by atoms with van der Waals surface area (Å²) in [7, 11) is 0. The van der Waals surface area contributed by atoms with Crippen molar-refractivity contribution in [1.29, 1.82) is 0 Å². The molecule has 0 aliphatic carbocycles. The van der Waals surface area contributed by atoms with Gasteiger partial charge in [-0.3, -0.25) is 4.79 Å². The first-order chi connectivity index (χ1) is 10.7. The van der Waals surface area contributed by atoms with Gasteiger partial charge in [-0.05, 0) is 17.5 Å². The Morgan fingerprint density at radius 2 is 1.41 bits per heavy atom. The summed E-state index contributed by atoms with van der Waals surface area (Å²) in [6.45, 7) is 0. The molecule has 0 bridgehead atoms. The van der Waals surface area contributed by atoms with Crippen molar-refractivity contribution in [3.05, 3.63) is 77.9 Å². The highest BCUT2D eigenvalue weighted by Gasteiger charge is 2.12. The molecule has 0 aliphatic rings. The third-order valence-electron chi connectivity index (χ3n) is 3.43. The molecule has 0 radical (unpaired) electrons. The van der Waals surface area contributed by atoms with Crippen molar-refractivity contribution in [2.75, 3.05) is 5.32 Å². The van der Waals surface area contributed by atoms with Crippen LogP contribution in [0.1, 0.15) is 20.7 Å². The minimum Gasteiger partial charge on any atom is -0.545 e. The number of hydrogen-bond donors (Lipinski definition) is 1. The maximum absolute atomic E-state index is 12.4. The standard InChI is InChI=1S/C18H13NO3/c20-17(14-9-3-4-10-15(14)18(21)22)19-16-11-5-7-12-6-1-2-8-13(12)16/h1-11H,(H,19,20)(H,21,22)/p-1. The number of hydrogen-bond acceptors (Lipinski definition) is 3. The number of carboxylic acids is 1. The Labute approximate surface area is 127 Å². The molecule has 1 N–H and O–H groups in total. The van der Waals surface area contributed by atoms with E-state index < -0.39 is 11.9 Å². The summed E-state index contributed by atoms with van der Waals surface area (Å²) in [4.78, 5) is 23.5. The number of benzene rings is 3. The molecule has 22 heavy (non-hydrogen) atoms. The third kappa shape index (κ3) is 2.54. The number of aromatic carboxylic acids is 1. The van der Waals surface area contributed by atoms with Crippen molar-refractivity contribution in [3.63, 3.8) is 0 Å². The molecule has 0 atom stereocenters. The summed E-state index contributed by atoms with van der Waals surface area (Å²) in [5.41, 5.74) is 0.590. The first-order valence-electron chi connectivity index (χ1n) is 6.76. The van der Waals surface area contributed by atoms with E-state index in [9.17, 15) is 14.7 Å². The van der Waals surface area contributed by atoms with Crippen LogP contribution in [0.25, 0.3) is 10.8 Å². The molecule has 0 saturated carbocycles. The van der Waals surface area contributed by atoms with Crippen LogP contribution >= 0.6 is 0 Å². The lowest BCUT2D eigenvalue weighted by atomic mass is 10.1. The summed E-state index contributed by atoms with van der Waals surface area (Å²) in [6.07, 6.45) is 0. The zero-order valence-electron chi connectivity index (χ0n) is 11.6. The molecule has 0 aliphatic heterocycles. The normalized spacial score (nSPS) is 10.4. The molecule has 3 aromatic carbocycles. The molecule has 0 fully saturated rings. The molecule has 1 amide bonds. The van der Waals surface area contributed by atoms with E-state index in [0.717, 1.165) is 10.8 Å². The van der Waals surface area contributed by atoms with Crippen LogP contribution in [-0.4, -0.2) is 11.9 Å². The first kappa shape index (κ1) is 13.8. The van der Waals surface area contributed by atoms with Crippen LogP contribution < -0.4 is 10.4 Å². The maximum atomic E-state index is 12.4. The summed E-state index contributed by atoms with van der Waals surface area (Å²) < 4.78 is 0. The van der Waals surface area contributed by atoms with E-state index in [1.807, 2.05) is 36.4 Å². The Balaban J connectivity index is 1.99. The second-order valence-electron chi connectivity index (χ2n) is 4.81. The van der Waals surface area contributed by atoms with Gasteiger partial charge in [-0.2, -0.15) is 0 Å². The average Bonchev–Trinajstić information content (AvgIpc) is 2.55. The zero-order valence-corrected chi connectivity index (χ0v) is 11.6. The zero-order chi connectivity index (χ0) is 15.5. The van der Waals surface area contributed by atoms with E-state index in [0.29, 0.717) is 5.69 Å². The van der Waals surface area contributed by atoms with Gasteiger partial charge in [0, 0.05) is 22.2 Å². The third-order valence-corrected chi connectivity index (χ3v) is 3.43. The van der Waals surface area contributed by atoms with E-state index in [1.165, 1.54) is 12.1 Å². The van der Waals surface area contributed by atoms with E-state index in [-0.39, 0.29) is 11.1 Å². The van der Waals surface area contributed by atoms with Gasteiger partial charge in [0.15, 0.2) is 0 Å². The molecule has 4 nitrogen and oxygen atoms in total. The smallest absolute Gasteiger partial charge is 0.256 e. The molecule has 0 heterocycles. The Hall–Kier alpha value is -3.14. The van der Waals surface area contributed by atoms with E-state index >= 15 is 0 Å². The van der Waals surface area contributed by atoms with Gasteiger partial charge >= 0.3 is 0 Å². The maximum Gasteiger partial charge on any atom is 0.256 e. The summed E-state index contributed by atoms with van der Waals surface area (Å²) in [5.74, 6) is -1.85. The van der Waals surface area contributed by atoms with Crippen molar-refractivity contribution in [1.82, 2.24) is 0 Å².